The first-order valence-corrected chi connectivity index (χ1v) is 13.0. The number of hydrogen-bond donors (Lipinski definition) is 1. The largest absolute Gasteiger partial charge is 0.573 e. The summed E-state index contributed by atoms with van der Waals surface area (Å²) in [6.07, 6.45) is -4.31. The Balaban J connectivity index is 1.71. The Kier molecular flexibility index (Phi) is 7.43. The second-order valence-electron chi connectivity index (χ2n) is 10.0. The third kappa shape index (κ3) is 5.54. The van der Waals surface area contributed by atoms with E-state index >= 15 is 4.39 Å². The van der Waals surface area contributed by atoms with Gasteiger partial charge in [0.1, 0.15) is 22.6 Å². The standard InChI is InChI=1S/C29H27F4N5O4/c1-17-5-4-6-23(34-17)36-11-13-37(14-12-36)25-22(30)15-20-24(27(25)42-29(31,32)33)38(16-21(26(20)39)28(40)41)19-9-7-18(8-10-19)35(2)3/h4-10,15-16H,11-14H2,1-3H3,(H,40,41). The van der Waals surface area contributed by atoms with Crippen LogP contribution in [0.1, 0.15) is 16.1 Å². The first-order valence-electron chi connectivity index (χ1n) is 13.0. The van der Waals surface area contributed by atoms with Gasteiger partial charge in [-0.15, -0.1) is 13.2 Å². The number of carboxylic acid groups (broad SMARTS) is 1. The molecule has 2 aromatic heterocycles. The van der Waals surface area contributed by atoms with Crippen molar-refractivity contribution in [1.82, 2.24) is 9.55 Å². The maximum atomic E-state index is 15.8. The lowest BCUT2D eigenvalue weighted by Crippen LogP contribution is -2.47. The van der Waals surface area contributed by atoms with E-state index in [1.807, 2.05) is 30.0 Å². The number of fused-ring (bicyclic) bond motifs is 1. The molecule has 0 radical (unpaired) electrons. The van der Waals surface area contributed by atoms with Crippen molar-refractivity contribution < 1.29 is 32.2 Å². The van der Waals surface area contributed by atoms with Crippen molar-refractivity contribution in [3.8, 4) is 11.4 Å². The molecule has 1 aliphatic rings. The summed E-state index contributed by atoms with van der Waals surface area (Å²) in [6.45, 7) is 2.75. The fourth-order valence-electron chi connectivity index (χ4n) is 5.05. The molecule has 1 saturated heterocycles. The Hall–Kier alpha value is -4.81. The van der Waals surface area contributed by atoms with Crippen LogP contribution in [0.3, 0.4) is 0 Å². The van der Waals surface area contributed by atoms with E-state index in [-0.39, 0.29) is 18.8 Å². The SMILES string of the molecule is Cc1cccc(N2CCN(c3c(F)cc4c(=O)c(C(=O)O)cn(-c5ccc(N(C)C)cc5)c4c3OC(F)(F)F)CC2)n1. The quantitative estimate of drug-likeness (QED) is 0.322. The zero-order valence-electron chi connectivity index (χ0n) is 22.9. The predicted molar refractivity (Wildman–Crippen MR) is 151 cm³/mol. The second-order valence-corrected chi connectivity index (χ2v) is 10.0. The number of piperazine rings is 1. The van der Waals surface area contributed by atoms with Gasteiger partial charge in [0, 0.05) is 63.5 Å². The number of aryl methyl sites for hydroxylation is 1. The Labute approximate surface area is 237 Å². The lowest BCUT2D eigenvalue weighted by molar-refractivity contribution is -0.274. The van der Waals surface area contributed by atoms with E-state index in [4.69, 9.17) is 0 Å². The number of hydrogen-bond acceptors (Lipinski definition) is 7. The Bertz CT molecular complexity index is 1710. The molecule has 5 rings (SSSR count). The van der Waals surface area contributed by atoms with E-state index in [0.29, 0.717) is 18.9 Å². The van der Waals surface area contributed by atoms with Crippen molar-refractivity contribution in [3.05, 3.63) is 82.0 Å². The molecule has 0 atom stereocenters. The van der Waals surface area contributed by atoms with Crippen molar-refractivity contribution in [2.24, 2.45) is 0 Å². The molecular formula is C29H27F4N5O4. The minimum Gasteiger partial charge on any atom is -0.477 e. The van der Waals surface area contributed by atoms with Crippen LogP contribution in [0.15, 0.2) is 59.5 Å². The number of pyridine rings is 2. The number of aromatic carboxylic acids is 1. The number of rotatable bonds is 6. The highest BCUT2D eigenvalue weighted by molar-refractivity contribution is 5.98. The zero-order valence-corrected chi connectivity index (χ0v) is 22.9. The summed E-state index contributed by atoms with van der Waals surface area (Å²) in [5, 5.41) is 9.13. The number of benzene rings is 2. The molecule has 13 heteroatoms. The second kappa shape index (κ2) is 10.9. The predicted octanol–water partition coefficient (Wildman–Crippen LogP) is 4.82. The molecule has 2 aromatic carbocycles. The van der Waals surface area contributed by atoms with Crippen LogP contribution < -0.4 is 24.9 Å². The maximum absolute atomic E-state index is 15.8. The fraction of sp³-hybridized carbons (Fsp3) is 0.276. The molecule has 0 saturated carbocycles. The van der Waals surface area contributed by atoms with E-state index in [0.717, 1.165) is 28.2 Å². The van der Waals surface area contributed by atoms with Crippen LogP contribution in [-0.2, 0) is 0 Å². The number of alkyl halides is 3. The summed E-state index contributed by atoms with van der Waals surface area (Å²) in [7, 11) is 3.59. The zero-order chi connectivity index (χ0) is 30.3. The number of nitrogens with zero attached hydrogens (tertiary/aromatic N) is 5. The number of carbonyl (C=O) groups is 1. The van der Waals surface area contributed by atoms with Gasteiger partial charge in [0.25, 0.3) is 0 Å². The van der Waals surface area contributed by atoms with E-state index in [1.165, 1.54) is 4.90 Å². The molecule has 4 aromatic rings. The van der Waals surface area contributed by atoms with Gasteiger partial charge in [-0.25, -0.2) is 14.2 Å². The van der Waals surface area contributed by atoms with Crippen LogP contribution in [-0.4, -0.2) is 67.3 Å². The van der Waals surface area contributed by atoms with Gasteiger partial charge in [0.05, 0.1) is 5.39 Å². The Morgan fingerprint density at radius 3 is 2.24 bits per heavy atom. The number of halogens is 4. The number of carboxylic acids is 1. The molecule has 0 aliphatic carbocycles. The molecular weight excluding hydrogens is 558 g/mol. The van der Waals surface area contributed by atoms with Gasteiger partial charge in [-0.05, 0) is 49.4 Å². The highest BCUT2D eigenvalue weighted by Gasteiger charge is 2.37. The molecule has 0 unspecified atom stereocenters. The monoisotopic (exact) mass is 585 g/mol. The van der Waals surface area contributed by atoms with Crippen molar-refractivity contribution in [3.63, 3.8) is 0 Å². The molecule has 0 spiro atoms. The summed E-state index contributed by atoms with van der Waals surface area (Å²) in [5.74, 6) is -2.98. The normalized spacial score (nSPS) is 13.9. The maximum Gasteiger partial charge on any atom is 0.573 e. The molecule has 9 nitrogen and oxygen atoms in total. The molecule has 42 heavy (non-hydrogen) atoms. The molecule has 1 aliphatic heterocycles. The summed E-state index contributed by atoms with van der Waals surface area (Å²) in [4.78, 5) is 34.7. The molecule has 3 heterocycles. The van der Waals surface area contributed by atoms with Gasteiger partial charge in [-0.1, -0.05) is 6.07 Å². The van der Waals surface area contributed by atoms with Crippen LogP contribution >= 0.6 is 0 Å². The van der Waals surface area contributed by atoms with E-state index in [1.54, 1.807) is 43.3 Å². The Morgan fingerprint density at radius 1 is 1.02 bits per heavy atom. The topological polar surface area (TPSA) is 91.1 Å². The summed E-state index contributed by atoms with van der Waals surface area (Å²) >= 11 is 0. The average Bonchev–Trinajstić information content (AvgIpc) is 2.93. The van der Waals surface area contributed by atoms with Gasteiger partial charge in [-0.2, -0.15) is 0 Å². The molecule has 220 valence electrons. The smallest absolute Gasteiger partial charge is 0.477 e. The molecule has 1 fully saturated rings. The number of ether oxygens (including phenoxy) is 1. The lowest BCUT2D eigenvalue weighted by atomic mass is 10.1. The summed E-state index contributed by atoms with van der Waals surface area (Å²) in [5.41, 5.74) is -0.935. The first kappa shape index (κ1) is 28.7. The summed E-state index contributed by atoms with van der Waals surface area (Å²) in [6, 6.07) is 12.7. The van der Waals surface area contributed by atoms with E-state index in [2.05, 4.69) is 9.72 Å². The fourth-order valence-corrected chi connectivity index (χ4v) is 5.05. The third-order valence-corrected chi connectivity index (χ3v) is 7.06. The number of anilines is 3. The van der Waals surface area contributed by atoms with Gasteiger partial charge in [0.2, 0.25) is 5.43 Å². The van der Waals surface area contributed by atoms with Crippen molar-refractivity contribution in [1.29, 1.82) is 0 Å². The van der Waals surface area contributed by atoms with E-state index < -0.39 is 51.5 Å². The van der Waals surface area contributed by atoms with Gasteiger partial charge in [0.15, 0.2) is 11.6 Å². The minimum atomic E-state index is -5.25. The van der Waals surface area contributed by atoms with Gasteiger partial charge >= 0.3 is 12.3 Å². The van der Waals surface area contributed by atoms with Crippen LogP contribution in [0.25, 0.3) is 16.6 Å². The van der Waals surface area contributed by atoms with Crippen molar-refractivity contribution in [2.75, 3.05) is 55.0 Å². The number of aromatic nitrogens is 2. The van der Waals surface area contributed by atoms with Crippen molar-refractivity contribution >= 4 is 34.1 Å². The highest BCUT2D eigenvalue weighted by Crippen LogP contribution is 2.42. The van der Waals surface area contributed by atoms with Crippen LogP contribution in [0.2, 0.25) is 0 Å². The highest BCUT2D eigenvalue weighted by atomic mass is 19.4. The third-order valence-electron chi connectivity index (χ3n) is 7.06. The minimum absolute atomic E-state index is 0.126. The van der Waals surface area contributed by atoms with Crippen LogP contribution in [0.4, 0.5) is 34.8 Å². The molecule has 1 N–H and O–H groups in total. The molecule has 0 amide bonds. The molecule has 0 bridgehead atoms. The first-order chi connectivity index (χ1) is 19.8. The summed E-state index contributed by atoms with van der Waals surface area (Å²) < 4.78 is 63.0. The van der Waals surface area contributed by atoms with Gasteiger partial charge in [-0.3, -0.25) is 4.79 Å². The van der Waals surface area contributed by atoms with Gasteiger partial charge < -0.3 is 29.1 Å². The van der Waals surface area contributed by atoms with Crippen molar-refractivity contribution in [2.45, 2.75) is 13.3 Å². The van der Waals surface area contributed by atoms with Crippen LogP contribution in [0, 0.1) is 12.7 Å². The Morgan fingerprint density at radius 2 is 1.67 bits per heavy atom. The van der Waals surface area contributed by atoms with Crippen LogP contribution in [0.5, 0.6) is 5.75 Å². The van der Waals surface area contributed by atoms with E-state index in [9.17, 15) is 27.9 Å². The lowest BCUT2D eigenvalue weighted by Gasteiger charge is -2.37. The average molecular weight is 586 g/mol.